The molecule has 108 valence electrons. The number of nitrogens with zero attached hydrogens (tertiary/aromatic N) is 1. The van der Waals surface area contributed by atoms with Gasteiger partial charge < -0.3 is 5.11 Å². The summed E-state index contributed by atoms with van der Waals surface area (Å²) in [5, 5.41) is 19.9. The van der Waals surface area contributed by atoms with Gasteiger partial charge in [-0.25, -0.2) is 9.18 Å². The summed E-state index contributed by atoms with van der Waals surface area (Å²) in [4.78, 5) is 22.3. The van der Waals surface area contributed by atoms with E-state index in [4.69, 9.17) is 5.11 Å². The fourth-order valence-electron chi connectivity index (χ4n) is 1.76. The molecule has 0 unspecified atom stereocenters. The van der Waals surface area contributed by atoms with Gasteiger partial charge in [0.1, 0.15) is 5.82 Å². The fraction of sp³-hybridized carbons (Fsp3) is 0.0714. The number of nitro benzene ring substituents is 1. The van der Waals surface area contributed by atoms with Crippen LogP contribution in [0.15, 0.2) is 46.2 Å². The van der Waals surface area contributed by atoms with Gasteiger partial charge in [0.25, 0.3) is 5.69 Å². The van der Waals surface area contributed by atoms with Crippen molar-refractivity contribution in [1.82, 2.24) is 0 Å². The van der Waals surface area contributed by atoms with Crippen LogP contribution in [0.3, 0.4) is 0 Å². The van der Waals surface area contributed by atoms with Gasteiger partial charge in [-0.1, -0.05) is 23.9 Å². The minimum absolute atomic E-state index is 0.0683. The van der Waals surface area contributed by atoms with Crippen molar-refractivity contribution in [1.29, 1.82) is 0 Å². The monoisotopic (exact) mass is 307 g/mol. The van der Waals surface area contributed by atoms with E-state index < -0.39 is 22.3 Å². The van der Waals surface area contributed by atoms with Crippen molar-refractivity contribution in [3.8, 4) is 0 Å². The van der Waals surface area contributed by atoms with Gasteiger partial charge in [0.15, 0.2) is 0 Å². The summed E-state index contributed by atoms with van der Waals surface area (Å²) >= 11 is 1.04. The summed E-state index contributed by atoms with van der Waals surface area (Å²) in [6.07, 6.45) is 0. The molecule has 0 atom stereocenters. The van der Waals surface area contributed by atoms with E-state index in [-0.39, 0.29) is 5.69 Å². The summed E-state index contributed by atoms with van der Waals surface area (Å²) in [6.45, 7) is 1.72. The number of carboxylic acid groups (broad SMARTS) is 1. The lowest BCUT2D eigenvalue weighted by molar-refractivity contribution is -0.387. The Morgan fingerprint density at radius 2 is 2.05 bits per heavy atom. The Morgan fingerprint density at radius 1 is 1.33 bits per heavy atom. The van der Waals surface area contributed by atoms with E-state index in [1.165, 1.54) is 18.2 Å². The highest BCUT2D eigenvalue weighted by atomic mass is 32.2. The average Bonchev–Trinajstić information content (AvgIpc) is 2.42. The third-order valence-electron chi connectivity index (χ3n) is 2.78. The van der Waals surface area contributed by atoms with E-state index in [0.717, 1.165) is 17.8 Å². The van der Waals surface area contributed by atoms with Gasteiger partial charge >= 0.3 is 5.97 Å². The first-order valence-corrected chi connectivity index (χ1v) is 6.66. The molecule has 0 aliphatic rings. The van der Waals surface area contributed by atoms with Crippen LogP contribution >= 0.6 is 11.8 Å². The number of aryl methyl sites for hydroxylation is 1. The maximum atomic E-state index is 13.3. The molecular formula is C14H10FNO4S. The zero-order valence-corrected chi connectivity index (χ0v) is 11.7. The van der Waals surface area contributed by atoms with Gasteiger partial charge in [0, 0.05) is 11.0 Å². The number of carbonyl (C=O) groups is 1. The van der Waals surface area contributed by atoms with Gasteiger partial charge in [-0.3, -0.25) is 10.1 Å². The van der Waals surface area contributed by atoms with Crippen molar-refractivity contribution in [3.63, 3.8) is 0 Å². The quantitative estimate of drug-likeness (QED) is 0.684. The zero-order chi connectivity index (χ0) is 15.6. The van der Waals surface area contributed by atoms with Crippen molar-refractivity contribution in [2.24, 2.45) is 0 Å². The van der Waals surface area contributed by atoms with Gasteiger partial charge in [0.05, 0.1) is 15.4 Å². The second-order valence-electron chi connectivity index (χ2n) is 4.23. The Morgan fingerprint density at radius 3 is 2.67 bits per heavy atom. The highest BCUT2D eigenvalue weighted by Crippen LogP contribution is 2.37. The maximum Gasteiger partial charge on any atom is 0.338 e. The summed E-state index contributed by atoms with van der Waals surface area (Å²) in [5.41, 5.74) is 0.160. The molecule has 21 heavy (non-hydrogen) atoms. The summed E-state index contributed by atoms with van der Waals surface area (Å²) in [7, 11) is 0. The lowest BCUT2D eigenvalue weighted by Crippen LogP contribution is -2.00. The molecule has 2 aromatic rings. The molecule has 0 bridgehead atoms. The minimum atomic E-state index is -1.38. The van der Waals surface area contributed by atoms with Crippen molar-refractivity contribution in [2.75, 3.05) is 0 Å². The van der Waals surface area contributed by atoms with Gasteiger partial charge in [-0.2, -0.15) is 0 Å². The van der Waals surface area contributed by atoms with Gasteiger partial charge in [0.2, 0.25) is 0 Å². The summed E-state index contributed by atoms with van der Waals surface area (Å²) in [5.74, 6) is -2.22. The normalized spacial score (nSPS) is 10.4. The molecule has 0 spiro atoms. The third kappa shape index (κ3) is 3.19. The molecule has 0 aliphatic carbocycles. The van der Waals surface area contributed by atoms with Crippen molar-refractivity contribution < 1.29 is 19.2 Å². The van der Waals surface area contributed by atoms with Gasteiger partial charge in [-0.05, 0) is 30.7 Å². The van der Waals surface area contributed by atoms with E-state index in [0.29, 0.717) is 15.4 Å². The van der Waals surface area contributed by atoms with Crippen LogP contribution in [-0.4, -0.2) is 16.0 Å². The van der Waals surface area contributed by atoms with Crippen LogP contribution in [0.5, 0.6) is 0 Å². The molecule has 1 N–H and O–H groups in total. The number of rotatable bonds is 4. The van der Waals surface area contributed by atoms with E-state index in [1.54, 1.807) is 19.1 Å². The van der Waals surface area contributed by atoms with E-state index in [1.807, 2.05) is 0 Å². The molecule has 0 heterocycles. The first kappa shape index (κ1) is 15.0. The molecule has 0 amide bonds. The first-order valence-electron chi connectivity index (χ1n) is 5.85. The van der Waals surface area contributed by atoms with E-state index in [2.05, 4.69) is 0 Å². The number of aromatic carboxylic acids is 1. The molecule has 2 rings (SSSR count). The number of nitro groups is 1. The maximum absolute atomic E-state index is 13.3. The van der Waals surface area contributed by atoms with Gasteiger partial charge in [-0.15, -0.1) is 0 Å². The molecule has 0 aromatic heterocycles. The predicted octanol–water partition coefficient (Wildman–Crippen LogP) is 3.89. The fourth-order valence-corrected chi connectivity index (χ4v) is 2.79. The summed E-state index contributed by atoms with van der Waals surface area (Å²) < 4.78 is 13.3. The number of hydrogen-bond acceptors (Lipinski definition) is 4. The Bertz CT molecular complexity index is 733. The first-order chi connectivity index (χ1) is 9.90. The molecule has 0 saturated carbocycles. The SMILES string of the molecule is Cc1cccc([N+](=O)[O-])c1Sc1ccc(F)c(C(=O)O)c1. The molecular weight excluding hydrogens is 297 g/mol. The van der Waals surface area contributed by atoms with Crippen molar-refractivity contribution in [3.05, 3.63) is 63.5 Å². The Kier molecular flexibility index (Phi) is 4.23. The van der Waals surface area contributed by atoms with Crippen LogP contribution in [-0.2, 0) is 0 Å². The molecule has 2 aromatic carbocycles. The zero-order valence-electron chi connectivity index (χ0n) is 10.9. The van der Waals surface area contributed by atoms with Crippen molar-refractivity contribution in [2.45, 2.75) is 16.7 Å². The largest absolute Gasteiger partial charge is 0.478 e. The minimum Gasteiger partial charge on any atom is -0.478 e. The van der Waals surface area contributed by atoms with Crippen molar-refractivity contribution >= 4 is 23.4 Å². The Labute approximate surface area is 123 Å². The topological polar surface area (TPSA) is 80.4 Å². The predicted molar refractivity (Wildman–Crippen MR) is 75.3 cm³/mol. The summed E-state index contributed by atoms with van der Waals surface area (Å²) in [6, 6.07) is 8.26. The van der Waals surface area contributed by atoms with Crippen LogP contribution in [0.2, 0.25) is 0 Å². The molecule has 0 radical (unpaired) electrons. The van der Waals surface area contributed by atoms with Crippen LogP contribution in [0.1, 0.15) is 15.9 Å². The molecule has 0 saturated heterocycles. The standard InChI is InChI=1S/C14H10FNO4S/c1-8-3-2-4-12(16(19)20)13(8)21-9-5-6-11(15)10(7-9)14(17)18/h2-7H,1H3,(H,17,18). The number of benzene rings is 2. The Balaban J connectivity index is 2.46. The average molecular weight is 307 g/mol. The second-order valence-corrected chi connectivity index (χ2v) is 5.31. The van der Waals surface area contributed by atoms with Crippen LogP contribution in [0.25, 0.3) is 0 Å². The van der Waals surface area contributed by atoms with Crippen LogP contribution < -0.4 is 0 Å². The van der Waals surface area contributed by atoms with Crippen LogP contribution in [0.4, 0.5) is 10.1 Å². The molecule has 7 heteroatoms. The molecule has 5 nitrogen and oxygen atoms in total. The number of halogens is 1. The molecule has 0 aliphatic heterocycles. The lowest BCUT2D eigenvalue weighted by Gasteiger charge is -2.07. The highest BCUT2D eigenvalue weighted by Gasteiger charge is 2.18. The Hall–Kier alpha value is -2.41. The van der Waals surface area contributed by atoms with E-state index in [9.17, 15) is 19.3 Å². The highest BCUT2D eigenvalue weighted by molar-refractivity contribution is 7.99. The second kappa shape index (κ2) is 5.92. The third-order valence-corrected chi connectivity index (χ3v) is 4.00. The van der Waals surface area contributed by atoms with Crippen LogP contribution in [0, 0.1) is 22.9 Å². The van der Waals surface area contributed by atoms with E-state index >= 15 is 0 Å². The smallest absolute Gasteiger partial charge is 0.338 e. The molecule has 0 fully saturated rings. The number of carboxylic acids is 1. The number of hydrogen-bond donors (Lipinski definition) is 1. The lowest BCUT2D eigenvalue weighted by atomic mass is 10.2.